The van der Waals surface area contributed by atoms with Crippen LogP contribution in [0.2, 0.25) is 0 Å². The number of oxazole rings is 1. The van der Waals surface area contributed by atoms with E-state index in [1.165, 1.54) is 0 Å². The minimum atomic E-state index is 0.582. The smallest absolute Gasteiger partial charge is 0.247 e. The van der Waals surface area contributed by atoms with Crippen LogP contribution in [0.25, 0.3) is 22.7 Å². The van der Waals surface area contributed by atoms with Crippen LogP contribution in [0.4, 0.5) is 0 Å². The predicted octanol–water partition coefficient (Wildman–Crippen LogP) is 2.76. The molecule has 3 aromatic rings. The monoisotopic (exact) mass is 259 g/mol. The van der Waals surface area contributed by atoms with Gasteiger partial charge in [0.2, 0.25) is 5.89 Å². The molecule has 0 saturated heterocycles. The van der Waals surface area contributed by atoms with Gasteiger partial charge in [0.15, 0.2) is 5.58 Å². The van der Waals surface area contributed by atoms with Crippen LogP contribution in [0.5, 0.6) is 0 Å². The molecule has 2 heterocycles. The average molecular weight is 259 g/mol. The quantitative estimate of drug-likeness (QED) is 0.785. The van der Waals surface area contributed by atoms with E-state index in [-0.39, 0.29) is 0 Å². The minimum absolute atomic E-state index is 0.582. The van der Waals surface area contributed by atoms with Crippen LogP contribution in [-0.2, 0) is 6.42 Å². The molecule has 0 amide bonds. The summed E-state index contributed by atoms with van der Waals surface area (Å²) >= 11 is 1.59. The van der Waals surface area contributed by atoms with Crippen molar-refractivity contribution in [3.63, 3.8) is 0 Å². The Kier molecular flexibility index (Phi) is 2.85. The van der Waals surface area contributed by atoms with E-state index in [2.05, 4.69) is 9.97 Å². The van der Waals surface area contributed by atoms with E-state index >= 15 is 0 Å². The van der Waals surface area contributed by atoms with Gasteiger partial charge in [-0.3, -0.25) is 0 Å². The van der Waals surface area contributed by atoms with Gasteiger partial charge in [-0.25, -0.2) is 9.97 Å². The number of thiazole rings is 1. The van der Waals surface area contributed by atoms with Crippen molar-refractivity contribution in [2.24, 2.45) is 5.73 Å². The van der Waals surface area contributed by atoms with Crippen molar-refractivity contribution >= 4 is 22.4 Å². The molecule has 3 rings (SSSR count). The van der Waals surface area contributed by atoms with Crippen LogP contribution in [0.1, 0.15) is 10.6 Å². The zero-order valence-electron chi connectivity index (χ0n) is 10.0. The minimum Gasteiger partial charge on any atom is -0.435 e. The van der Waals surface area contributed by atoms with Gasteiger partial charge in [-0.05, 0) is 25.1 Å². The summed E-state index contributed by atoms with van der Waals surface area (Å²) in [6.45, 7) is 2.63. The molecule has 18 heavy (non-hydrogen) atoms. The highest BCUT2D eigenvalue weighted by atomic mass is 32.1. The van der Waals surface area contributed by atoms with Crippen molar-refractivity contribution in [1.29, 1.82) is 0 Å². The Morgan fingerprint density at radius 1 is 1.33 bits per heavy atom. The predicted molar refractivity (Wildman–Crippen MR) is 72.6 cm³/mol. The van der Waals surface area contributed by atoms with E-state index in [9.17, 15) is 0 Å². The first-order valence-corrected chi connectivity index (χ1v) is 6.67. The van der Waals surface area contributed by atoms with Crippen LogP contribution < -0.4 is 5.73 Å². The maximum Gasteiger partial charge on any atom is 0.247 e. The van der Waals surface area contributed by atoms with Crippen molar-refractivity contribution in [2.45, 2.75) is 13.3 Å². The van der Waals surface area contributed by atoms with Crippen LogP contribution in [-0.4, -0.2) is 16.5 Å². The number of nitrogens with zero attached hydrogens (tertiary/aromatic N) is 2. The van der Waals surface area contributed by atoms with Gasteiger partial charge < -0.3 is 10.2 Å². The number of rotatable bonds is 3. The summed E-state index contributed by atoms with van der Waals surface area (Å²) < 4.78 is 5.73. The molecular formula is C13H13N3OS. The number of fused-ring (bicyclic) bond motifs is 1. The number of aromatic nitrogens is 2. The van der Waals surface area contributed by atoms with Gasteiger partial charge in [0, 0.05) is 11.8 Å². The third-order valence-corrected chi connectivity index (χ3v) is 3.66. The summed E-state index contributed by atoms with van der Waals surface area (Å²) in [6.07, 6.45) is 0.796. The second kappa shape index (κ2) is 4.51. The first-order chi connectivity index (χ1) is 8.78. The third-order valence-electron chi connectivity index (χ3n) is 2.75. The molecule has 0 fully saturated rings. The molecule has 0 aliphatic rings. The molecule has 2 aromatic heterocycles. The standard InChI is InChI=1S/C13H13N3OS/c1-8-3-2-4-10-12(8)16-13(17-10)9-7-18-11(15-9)5-6-14/h2-4,7H,5-6,14H2,1H3. The van der Waals surface area contributed by atoms with Crippen LogP contribution in [0.15, 0.2) is 28.0 Å². The van der Waals surface area contributed by atoms with E-state index in [0.717, 1.165) is 33.8 Å². The highest BCUT2D eigenvalue weighted by molar-refractivity contribution is 7.09. The zero-order valence-corrected chi connectivity index (χ0v) is 10.8. The van der Waals surface area contributed by atoms with Gasteiger partial charge >= 0.3 is 0 Å². The molecule has 0 radical (unpaired) electrons. The van der Waals surface area contributed by atoms with Gasteiger partial charge in [0.25, 0.3) is 0 Å². The zero-order chi connectivity index (χ0) is 12.5. The Hall–Kier alpha value is -1.72. The highest BCUT2D eigenvalue weighted by Crippen LogP contribution is 2.27. The third kappa shape index (κ3) is 1.91. The first kappa shape index (κ1) is 11.4. The van der Waals surface area contributed by atoms with Crippen molar-refractivity contribution in [3.8, 4) is 11.6 Å². The summed E-state index contributed by atoms with van der Waals surface area (Å²) in [5.74, 6) is 0.582. The van der Waals surface area contributed by atoms with Crippen molar-refractivity contribution in [1.82, 2.24) is 9.97 Å². The molecule has 0 atom stereocenters. The topological polar surface area (TPSA) is 64.9 Å². The van der Waals surface area contributed by atoms with Gasteiger partial charge in [-0.2, -0.15) is 0 Å². The molecule has 1 aromatic carbocycles. The lowest BCUT2D eigenvalue weighted by atomic mass is 10.2. The molecule has 0 saturated carbocycles. The lowest BCUT2D eigenvalue weighted by Crippen LogP contribution is -2.01. The second-order valence-corrected chi connectivity index (χ2v) is 5.05. The Balaban J connectivity index is 2.05. The van der Waals surface area contributed by atoms with Crippen molar-refractivity contribution in [2.75, 3.05) is 6.54 Å². The second-order valence-electron chi connectivity index (χ2n) is 4.11. The van der Waals surface area contributed by atoms with Crippen LogP contribution in [0, 0.1) is 6.92 Å². The van der Waals surface area contributed by atoms with Gasteiger partial charge in [0.1, 0.15) is 11.2 Å². The molecular weight excluding hydrogens is 246 g/mol. The fourth-order valence-electron chi connectivity index (χ4n) is 1.84. The normalized spacial score (nSPS) is 11.2. The van der Waals surface area contributed by atoms with Crippen molar-refractivity contribution < 1.29 is 4.42 Å². The lowest BCUT2D eigenvalue weighted by molar-refractivity contribution is 0.617. The molecule has 0 unspecified atom stereocenters. The Morgan fingerprint density at radius 2 is 2.22 bits per heavy atom. The van der Waals surface area contributed by atoms with Gasteiger partial charge in [-0.1, -0.05) is 12.1 Å². The van der Waals surface area contributed by atoms with E-state index in [4.69, 9.17) is 10.2 Å². The molecule has 0 aliphatic carbocycles. The largest absolute Gasteiger partial charge is 0.435 e. The number of hydrogen-bond donors (Lipinski definition) is 1. The fourth-order valence-corrected chi connectivity index (χ4v) is 2.63. The Bertz CT molecular complexity index is 686. The molecule has 0 bridgehead atoms. The fraction of sp³-hybridized carbons (Fsp3) is 0.231. The number of para-hydroxylation sites is 1. The molecule has 0 aliphatic heterocycles. The van der Waals surface area contributed by atoms with Crippen LogP contribution >= 0.6 is 11.3 Å². The average Bonchev–Trinajstić information content (AvgIpc) is 2.96. The lowest BCUT2D eigenvalue weighted by Gasteiger charge is -1.88. The molecule has 4 nitrogen and oxygen atoms in total. The maximum atomic E-state index is 5.73. The van der Waals surface area contributed by atoms with E-state index in [1.54, 1.807) is 11.3 Å². The Labute approximate surface area is 108 Å². The molecule has 5 heteroatoms. The molecule has 92 valence electrons. The van der Waals surface area contributed by atoms with Gasteiger partial charge in [0.05, 0.1) is 5.01 Å². The Morgan fingerprint density at radius 3 is 3.00 bits per heavy atom. The summed E-state index contributed by atoms with van der Waals surface area (Å²) in [5.41, 5.74) is 9.13. The highest BCUT2D eigenvalue weighted by Gasteiger charge is 2.12. The van der Waals surface area contributed by atoms with Crippen molar-refractivity contribution in [3.05, 3.63) is 34.2 Å². The van der Waals surface area contributed by atoms with Gasteiger partial charge in [-0.15, -0.1) is 11.3 Å². The number of aryl methyl sites for hydroxylation is 1. The molecule has 2 N–H and O–H groups in total. The summed E-state index contributed by atoms with van der Waals surface area (Å²) in [5, 5.41) is 2.98. The number of benzene rings is 1. The number of nitrogens with two attached hydrogens (primary N) is 1. The summed E-state index contributed by atoms with van der Waals surface area (Å²) in [4.78, 5) is 8.98. The van der Waals surface area contributed by atoms with Crippen LogP contribution in [0.3, 0.4) is 0 Å². The van der Waals surface area contributed by atoms with E-state index in [0.29, 0.717) is 12.4 Å². The molecule has 0 spiro atoms. The SMILES string of the molecule is Cc1cccc2oc(-c3csc(CCN)n3)nc12. The van der Waals surface area contributed by atoms with E-state index < -0.39 is 0 Å². The first-order valence-electron chi connectivity index (χ1n) is 5.79. The summed E-state index contributed by atoms with van der Waals surface area (Å²) in [6, 6.07) is 5.91. The van der Waals surface area contributed by atoms with E-state index in [1.807, 2.05) is 30.5 Å². The summed E-state index contributed by atoms with van der Waals surface area (Å²) in [7, 11) is 0. The maximum absolute atomic E-state index is 5.73. The number of hydrogen-bond acceptors (Lipinski definition) is 5.